The van der Waals surface area contributed by atoms with Crippen LogP contribution in [0.15, 0.2) is 0 Å². The first kappa shape index (κ1) is 13.8. The van der Waals surface area contributed by atoms with Crippen molar-refractivity contribution in [2.75, 3.05) is 5.75 Å². The Morgan fingerprint density at radius 2 is 1.80 bits per heavy atom. The molecule has 0 aromatic heterocycles. The number of amides is 3. The SMILES string of the molecule is CC(N)CS(=O)(=O)C(C)C(=O)NC(N)=O. The molecule has 0 aliphatic heterocycles. The lowest BCUT2D eigenvalue weighted by Gasteiger charge is -2.13. The van der Waals surface area contributed by atoms with Crippen LogP contribution in [0.25, 0.3) is 0 Å². The number of primary amides is 1. The fourth-order valence-corrected chi connectivity index (χ4v) is 2.30. The van der Waals surface area contributed by atoms with E-state index in [2.05, 4.69) is 5.73 Å². The van der Waals surface area contributed by atoms with Gasteiger partial charge in [-0.1, -0.05) is 0 Å². The molecule has 88 valence electrons. The van der Waals surface area contributed by atoms with E-state index in [9.17, 15) is 18.0 Å². The summed E-state index contributed by atoms with van der Waals surface area (Å²) in [6, 6.07) is -1.65. The number of nitrogens with two attached hydrogens (primary N) is 2. The minimum absolute atomic E-state index is 0.319. The standard InChI is InChI=1S/C7H15N3O4S/c1-4(8)3-15(13,14)5(2)6(11)10-7(9)12/h4-5H,3,8H2,1-2H3,(H3,9,10,11,12). The van der Waals surface area contributed by atoms with Crippen LogP contribution in [0.3, 0.4) is 0 Å². The van der Waals surface area contributed by atoms with Gasteiger partial charge in [-0.3, -0.25) is 10.1 Å². The highest BCUT2D eigenvalue weighted by atomic mass is 32.2. The van der Waals surface area contributed by atoms with Crippen molar-refractivity contribution in [3.8, 4) is 0 Å². The number of carbonyl (C=O) groups excluding carboxylic acids is 2. The first-order chi connectivity index (χ1) is 6.66. The topological polar surface area (TPSA) is 132 Å². The van der Waals surface area contributed by atoms with E-state index >= 15 is 0 Å². The fourth-order valence-electron chi connectivity index (χ4n) is 0.897. The predicted molar refractivity (Wildman–Crippen MR) is 54.6 cm³/mol. The van der Waals surface area contributed by atoms with Gasteiger partial charge in [-0.2, -0.15) is 0 Å². The summed E-state index contributed by atoms with van der Waals surface area (Å²) < 4.78 is 22.9. The van der Waals surface area contributed by atoms with E-state index in [-0.39, 0.29) is 5.75 Å². The zero-order valence-electron chi connectivity index (χ0n) is 8.56. The van der Waals surface area contributed by atoms with Crippen molar-refractivity contribution in [2.45, 2.75) is 25.1 Å². The number of urea groups is 1. The average molecular weight is 237 g/mol. The molecule has 0 rings (SSSR count). The van der Waals surface area contributed by atoms with Gasteiger partial charge in [-0.25, -0.2) is 13.2 Å². The maximum Gasteiger partial charge on any atom is 0.318 e. The third kappa shape index (κ3) is 4.75. The molecule has 15 heavy (non-hydrogen) atoms. The second-order valence-corrected chi connectivity index (χ2v) is 5.67. The number of hydrogen-bond acceptors (Lipinski definition) is 5. The Kier molecular flexibility index (Phi) is 4.69. The Labute approximate surface area is 88.1 Å². The largest absolute Gasteiger partial charge is 0.351 e. The molecule has 7 nitrogen and oxygen atoms in total. The lowest BCUT2D eigenvalue weighted by molar-refractivity contribution is -0.119. The van der Waals surface area contributed by atoms with Crippen LogP contribution in [0.2, 0.25) is 0 Å². The maximum absolute atomic E-state index is 11.5. The number of nitrogens with one attached hydrogen (secondary N) is 1. The van der Waals surface area contributed by atoms with E-state index < -0.39 is 33.1 Å². The number of sulfone groups is 1. The summed E-state index contributed by atoms with van der Waals surface area (Å²) in [5.74, 6) is -1.26. The van der Waals surface area contributed by atoms with Gasteiger partial charge in [-0.05, 0) is 13.8 Å². The van der Waals surface area contributed by atoms with Crippen LogP contribution in [0.5, 0.6) is 0 Å². The molecule has 2 unspecified atom stereocenters. The molecule has 0 saturated heterocycles. The van der Waals surface area contributed by atoms with Gasteiger partial charge in [0, 0.05) is 6.04 Å². The smallest absolute Gasteiger partial charge is 0.318 e. The number of imide groups is 1. The molecule has 0 spiro atoms. The minimum Gasteiger partial charge on any atom is -0.351 e. The van der Waals surface area contributed by atoms with E-state index in [4.69, 9.17) is 5.73 Å². The van der Waals surface area contributed by atoms with Crippen molar-refractivity contribution in [3.05, 3.63) is 0 Å². The molecule has 0 heterocycles. The Morgan fingerprint density at radius 1 is 1.33 bits per heavy atom. The molecule has 0 fully saturated rings. The van der Waals surface area contributed by atoms with E-state index in [1.54, 1.807) is 5.32 Å². The molecule has 3 amide bonds. The van der Waals surface area contributed by atoms with Gasteiger partial charge in [0.05, 0.1) is 5.75 Å². The molecule has 0 saturated carbocycles. The number of carbonyl (C=O) groups is 2. The lowest BCUT2D eigenvalue weighted by atomic mass is 10.4. The fraction of sp³-hybridized carbons (Fsp3) is 0.714. The van der Waals surface area contributed by atoms with Crippen LogP contribution in [0, 0.1) is 0 Å². The molecule has 2 atom stereocenters. The van der Waals surface area contributed by atoms with Crippen molar-refractivity contribution in [3.63, 3.8) is 0 Å². The Balaban J connectivity index is 4.63. The summed E-state index contributed by atoms with van der Waals surface area (Å²) in [4.78, 5) is 21.5. The summed E-state index contributed by atoms with van der Waals surface area (Å²) in [5.41, 5.74) is 10.0. The normalized spacial score (nSPS) is 15.4. The molecule has 5 N–H and O–H groups in total. The van der Waals surface area contributed by atoms with Crippen LogP contribution < -0.4 is 16.8 Å². The van der Waals surface area contributed by atoms with Gasteiger partial charge in [0.25, 0.3) is 0 Å². The molecule has 0 aliphatic carbocycles. The molecule has 0 radical (unpaired) electrons. The summed E-state index contributed by atoms with van der Waals surface area (Å²) in [5, 5.41) is 0.365. The van der Waals surface area contributed by atoms with Crippen LogP contribution in [0.4, 0.5) is 4.79 Å². The highest BCUT2D eigenvalue weighted by Gasteiger charge is 2.29. The van der Waals surface area contributed by atoms with Crippen molar-refractivity contribution in [2.24, 2.45) is 11.5 Å². The average Bonchev–Trinajstić information content (AvgIpc) is 1.98. The quantitative estimate of drug-likeness (QED) is 0.538. The number of rotatable bonds is 4. The van der Waals surface area contributed by atoms with Gasteiger partial charge in [0.1, 0.15) is 5.25 Å². The molecule has 0 bridgehead atoms. The Morgan fingerprint density at radius 3 is 2.13 bits per heavy atom. The molecule has 0 aliphatic rings. The summed E-state index contributed by atoms with van der Waals surface area (Å²) in [7, 11) is -3.65. The Bertz CT molecular complexity index is 349. The van der Waals surface area contributed by atoms with Crippen molar-refractivity contribution in [1.82, 2.24) is 5.32 Å². The zero-order chi connectivity index (χ0) is 12.2. The van der Waals surface area contributed by atoms with Gasteiger partial charge >= 0.3 is 6.03 Å². The third-order valence-corrected chi connectivity index (χ3v) is 3.93. The van der Waals surface area contributed by atoms with E-state index in [0.717, 1.165) is 0 Å². The highest BCUT2D eigenvalue weighted by molar-refractivity contribution is 7.92. The van der Waals surface area contributed by atoms with Gasteiger partial charge in [-0.15, -0.1) is 0 Å². The summed E-state index contributed by atoms with van der Waals surface area (Å²) >= 11 is 0. The van der Waals surface area contributed by atoms with Crippen LogP contribution in [-0.4, -0.2) is 37.4 Å². The van der Waals surface area contributed by atoms with E-state index in [1.807, 2.05) is 0 Å². The van der Waals surface area contributed by atoms with Gasteiger partial charge in [0.2, 0.25) is 5.91 Å². The zero-order valence-corrected chi connectivity index (χ0v) is 9.37. The van der Waals surface area contributed by atoms with Gasteiger partial charge < -0.3 is 11.5 Å². The lowest BCUT2D eigenvalue weighted by Crippen LogP contribution is -2.45. The third-order valence-electron chi connectivity index (χ3n) is 1.65. The summed E-state index contributed by atoms with van der Waals surface area (Å²) in [6.07, 6.45) is 0. The molecule has 0 aromatic rings. The maximum atomic E-state index is 11.5. The van der Waals surface area contributed by atoms with E-state index in [0.29, 0.717) is 0 Å². The molecule has 0 aromatic carbocycles. The monoisotopic (exact) mass is 237 g/mol. The summed E-state index contributed by atoms with van der Waals surface area (Å²) in [6.45, 7) is 2.69. The first-order valence-corrected chi connectivity index (χ1v) is 5.96. The van der Waals surface area contributed by atoms with Crippen LogP contribution in [0.1, 0.15) is 13.8 Å². The molecular formula is C7H15N3O4S. The van der Waals surface area contributed by atoms with Crippen molar-refractivity contribution in [1.29, 1.82) is 0 Å². The van der Waals surface area contributed by atoms with Crippen LogP contribution in [-0.2, 0) is 14.6 Å². The Hall–Kier alpha value is -1.15. The van der Waals surface area contributed by atoms with Crippen LogP contribution >= 0.6 is 0 Å². The van der Waals surface area contributed by atoms with E-state index in [1.165, 1.54) is 13.8 Å². The second-order valence-electron chi connectivity index (χ2n) is 3.30. The van der Waals surface area contributed by atoms with Crippen molar-refractivity contribution < 1.29 is 18.0 Å². The van der Waals surface area contributed by atoms with Gasteiger partial charge in [0.15, 0.2) is 9.84 Å². The molecular weight excluding hydrogens is 222 g/mol. The second kappa shape index (κ2) is 5.08. The van der Waals surface area contributed by atoms with Crippen molar-refractivity contribution >= 4 is 21.8 Å². The first-order valence-electron chi connectivity index (χ1n) is 4.24. The predicted octanol–water partition coefficient (Wildman–Crippen LogP) is -1.67. The molecule has 8 heteroatoms. The minimum atomic E-state index is -3.65. The number of hydrogen-bond donors (Lipinski definition) is 3. The highest BCUT2D eigenvalue weighted by Crippen LogP contribution is 2.03.